The minimum absolute atomic E-state index is 0.201. The number of Topliss-reactive ketones (excluding diaryl/α,β-unsaturated/α-hetero) is 1. The van der Waals surface area contributed by atoms with Crippen molar-refractivity contribution in [2.75, 3.05) is 6.61 Å². The van der Waals surface area contributed by atoms with Crippen molar-refractivity contribution in [1.82, 2.24) is 0 Å². The summed E-state index contributed by atoms with van der Waals surface area (Å²) < 4.78 is 16.9. The molecular formula is C24H20O5S. The largest absolute Gasteiger partial charge is 0.493 e. The van der Waals surface area contributed by atoms with E-state index in [0.29, 0.717) is 35.0 Å². The van der Waals surface area contributed by atoms with Gasteiger partial charge >= 0.3 is 5.97 Å². The summed E-state index contributed by atoms with van der Waals surface area (Å²) in [5.41, 5.74) is 1.93. The van der Waals surface area contributed by atoms with E-state index >= 15 is 0 Å². The molecule has 0 fully saturated rings. The monoisotopic (exact) mass is 420 g/mol. The molecule has 0 aliphatic carbocycles. The number of benzene rings is 2. The molecule has 0 radical (unpaired) electrons. The van der Waals surface area contributed by atoms with E-state index in [1.54, 1.807) is 25.1 Å². The fourth-order valence-corrected chi connectivity index (χ4v) is 3.98. The van der Waals surface area contributed by atoms with Gasteiger partial charge in [-0.15, -0.1) is 11.3 Å². The highest BCUT2D eigenvalue weighted by atomic mass is 32.1. The van der Waals surface area contributed by atoms with Gasteiger partial charge in [0.15, 0.2) is 5.76 Å². The number of ketones is 1. The van der Waals surface area contributed by atoms with E-state index in [2.05, 4.69) is 0 Å². The molecule has 30 heavy (non-hydrogen) atoms. The maximum atomic E-state index is 12.9. The maximum Gasteiger partial charge on any atom is 0.316 e. The summed E-state index contributed by atoms with van der Waals surface area (Å²) >= 11 is 1.50. The highest BCUT2D eigenvalue weighted by Gasteiger charge is 2.30. The molecule has 0 spiro atoms. The van der Waals surface area contributed by atoms with Gasteiger partial charge in [-0.05, 0) is 49.1 Å². The van der Waals surface area contributed by atoms with Crippen LogP contribution in [0.2, 0.25) is 0 Å². The van der Waals surface area contributed by atoms with Crippen molar-refractivity contribution in [3.8, 4) is 17.2 Å². The van der Waals surface area contributed by atoms with Crippen LogP contribution in [0.1, 0.15) is 33.3 Å². The van der Waals surface area contributed by atoms with Crippen LogP contribution in [0.4, 0.5) is 0 Å². The van der Waals surface area contributed by atoms with Crippen LogP contribution in [-0.2, 0) is 11.2 Å². The fourth-order valence-electron chi connectivity index (χ4n) is 3.29. The maximum absolute atomic E-state index is 12.9. The van der Waals surface area contributed by atoms with Gasteiger partial charge in [0.05, 0.1) is 18.6 Å². The Bertz CT molecular complexity index is 1130. The van der Waals surface area contributed by atoms with Crippen molar-refractivity contribution in [2.45, 2.75) is 20.3 Å². The number of carbonyl (C=O) groups is 2. The van der Waals surface area contributed by atoms with Crippen molar-refractivity contribution < 1.29 is 23.8 Å². The second-order valence-corrected chi connectivity index (χ2v) is 7.79. The summed E-state index contributed by atoms with van der Waals surface area (Å²) in [6, 6.07) is 14.5. The number of aryl methyl sites for hydroxylation is 1. The SMILES string of the molecule is CCOc1ccccc1/C=C1\Oc2cc(OC(=O)Cc3cccs3)cc(C)c2C1=O. The molecule has 0 saturated heterocycles. The Balaban J connectivity index is 1.57. The van der Waals surface area contributed by atoms with E-state index in [1.165, 1.54) is 11.3 Å². The van der Waals surface area contributed by atoms with Crippen LogP contribution < -0.4 is 14.2 Å². The van der Waals surface area contributed by atoms with Gasteiger partial charge in [0.25, 0.3) is 0 Å². The molecule has 3 aromatic rings. The Hall–Kier alpha value is -3.38. The van der Waals surface area contributed by atoms with Crippen LogP contribution >= 0.6 is 11.3 Å². The van der Waals surface area contributed by atoms with Crippen LogP contribution in [0.5, 0.6) is 17.2 Å². The Kier molecular flexibility index (Phi) is 5.68. The number of hydrogen-bond acceptors (Lipinski definition) is 6. The van der Waals surface area contributed by atoms with E-state index in [-0.39, 0.29) is 23.9 Å². The third-order valence-electron chi connectivity index (χ3n) is 4.58. The van der Waals surface area contributed by atoms with E-state index < -0.39 is 0 Å². The Morgan fingerprint density at radius 3 is 2.77 bits per heavy atom. The number of fused-ring (bicyclic) bond motifs is 1. The van der Waals surface area contributed by atoms with Gasteiger partial charge in [-0.25, -0.2) is 0 Å². The van der Waals surface area contributed by atoms with Crippen molar-refractivity contribution in [3.05, 3.63) is 81.2 Å². The van der Waals surface area contributed by atoms with E-state index in [4.69, 9.17) is 14.2 Å². The number of esters is 1. The van der Waals surface area contributed by atoms with Gasteiger partial charge in [-0.3, -0.25) is 9.59 Å². The van der Waals surface area contributed by atoms with Crippen LogP contribution in [0.25, 0.3) is 6.08 Å². The lowest BCUT2D eigenvalue weighted by molar-refractivity contribution is -0.133. The molecule has 0 N–H and O–H groups in total. The Morgan fingerprint density at radius 2 is 2.00 bits per heavy atom. The zero-order valence-corrected chi connectivity index (χ0v) is 17.5. The average molecular weight is 420 g/mol. The number of carbonyl (C=O) groups excluding carboxylic acids is 2. The lowest BCUT2D eigenvalue weighted by Gasteiger charge is -2.07. The van der Waals surface area contributed by atoms with Gasteiger partial charge in [0, 0.05) is 16.5 Å². The molecule has 152 valence electrons. The number of ether oxygens (including phenoxy) is 3. The number of hydrogen-bond donors (Lipinski definition) is 0. The number of rotatable bonds is 6. The van der Waals surface area contributed by atoms with Crippen molar-refractivity contribution in [1.29, 1.82) is 0 Å². The van der Waals surface area contributed by atoms with Gasteiger partial charge in [0.1, 0.15) is 17.2 Å². The van der Waals surface area contributed by atoms with E-state index in [9.17, 15) is 9.59 Å². The van der Waals surface area contributed by atoms with Gasteiger partial charge in [-0.1, -0.05) is 24.3 Å². The van der Waals surface area contributed by atoms with Gasteiger partial charge in [-0.2, -0.15) is 0 Å². The first kappa shape index (κ1) is 19.9. The smallest absolute Gasteiger partial charge is 0.316 e. The zero-order valence-electron chi connectivity index (χ0n) is 16.6. The molecule has 0 amide bonds. The zero-order chi connectivity index (χ0) is 21.1. The Labute approximate surface area is 178 Å². The number of thiophene rings is 1. The molecule has 2 aromatic carbocycles. The highest BCUT2D eigenvalue weighted by Crippen LogP contribution is 2.38. The summed E-state index contributed by atoms with van der Waals surface area (Å²) in [6.45, 7) is 4.23. The summed E-state index contributed by atoms with van der Waals surface area (Å²) in [5, 5.41) is 1.92. The molecule has 0 saturated carbocycles. The van der Waals surface area contributed by atoms with Gasteiger partial charge < -0.3 is 14.2 Å². The molecule has 0 bridgehead atoms. The third kappa shape index (κ3) is 4.14. The lowest BCUT2D eigenvalue weighted by Crippen LogP contribution is -2.10. The molecule has 1 aliphatic rings. The van der Waals surface area contributed by atoms with Gasteiger partial charge in [0.2, 0.25) is 5.78 Å². The molecule has 1 aliphatic heterocycles. The first-order valence-corrected chi connectivity index (χ1v) is 10.5. The van der Waals surface area contributed by atoms with Crippen LogP contribution in [0, 0.1) is 6.92 Å². The summed E-state index contributed by atoms with van der Waals surface area (Å²) in [7, 11) is 0. The predicted octanol–water partition coefficient (Wildman–Crippen LogP) is 5.22. The first-order chi connectivity index (χ1) is 14.5. The minimum atomic E-state index is -0.359. The molecular weight excluding hydrogens is 400 g/mol. The molecule has 4 rings (SSSR count). The fraction of sp³-hybridized carbons (Fsp3) is 0.167. The second-order valence-electron chi connectivity index (χ2n) is 6.75. The summed E-state index contributed by atoms with van der Waals surface area (Å²) in [6.07, 6.45) is 1.88. The average Bonchev–Trinajstić information content (AvgIpc) is 3.32. The molecule has 0 unspecified atom stereocenters. The number of allylic oxidation sites excluding steroid dienone is 1. The van der Waals surface area contributed by atoms with Crippen molar-refractivity contribution >= 4 is 29.2 Å². The molecule has 1 aromatic heterocycles. The van der Waals surface area contributed by atoms with Crippen LogP contribution in [0.15, 0.2) is 59.7 Å². The summed E-state index contributed by atoms with van der Waals surface area (Å²) in [4.78, 5) is 26.0. The molecule has 2 heterocycles. The third-order valence-corrected chi connectivity index (χ3v) is 5.46. The van der Waals surface area contributed by atoms with Crippen molar-refractivity contribution in [2.24, 2.45) is 0 Å². The topological polar surface area (TPSA) is 61.8 Å². The van der Waals surface area contributed by atoms with E-state index in [1.807, 2.05) is 48.7 Å². The lowest BCUT2D eigenvalue weighted by atomic mass is 10.0. The van der Waals surface area contributed by atoms with Crippen LogP contribution in [-0.4, -0.2) is 18.4 Å². The quantitative estimate of drug-likeness (QED) is 0.311. The number of para-hydroxylation sites is 1. The molecule has 0 atom stereocenters. The normalized spacial score (nSPS) is 13.8. The molecule has 6 heteroatoms. The van der Waals surface area contributed by atoms with Crippen LogP contribution in [0.3, 0.4) is 0 Å². The minimum Gasteiger partial charge on any atom is -0.493 e. The highest BCUT2D eigenvalue weighted by molar-refractivity contribution is 7.10. The summed E-state index contributed by atoms with van der Waals surface area (Å²) in [5.74, 6) is 1.07. The molecule has 5 nitrogen and oxygen atoms in total. The standard InChI is InChI=1S/C24H20O5S/c1-3-27-19-9-5-4-7-16(19)12-21-24(26)23-15(2)11-17(13-20(23)29-21)28-22(25)14-18-8-6-10-30-18/h4-13H,3,14H2,1-2H3/b21-12-. The predicted molar refractivity (Wildman–Crippen MR) is 115 cm³/mol. The Morgan fingerprint density at radius 1 is 1.17 bits per heavy atom. The second kappa shape index (κ2) is 8.55. The van der Waals surface area contributed by atoms with Crippen molar-refractivity contribution in [3.63, 3.8) is 0 Å². The first-order valence-electron chi connectivity index (χ1n) is 9.59. The van der Waals surface area contributed by atoms with E-state index in [0.717, 1.165) is 10.4 Å².